The van der Waals surface area contributed by atoms with Gasteiger partial charge in [-0.2, -0.15) is 9.97 Å². The molecule has 10 heteroatoms. The Morgan fingerprint density at radius 3 is 2.25 bits per heavy atom. The molecule has 0 spiro atoms. The number of hydrogen-bond donors (Lipinski definition) is 1. The second-order valence-corrected chi connectivity index (χ2v) is 6.60. The van der Waals surface area contributed by atoms with Crippen LogP contribution in [0.5, 0.6) is 5.75 Å². The molecule has 0 atom stereocenters. The summed E-state index contributed by atoms with van der Waals surface area (Å²) in [4.78, 5) is 13.3. The van der Waals surface area contributed by atoms with Crippen LogP contribution >= 0.6 is 0 Å². The van der Waals surface area contributed by atoms with Gasteiger partial charge in [0.2, 0.25) is 17.6 Å². The van der Waals surface area contributed by atoms with Crippen LogP contribution in [0, 0.1) is 0 Å². The molecule has 0 bridgehead atoms. The molecule has 0 radical (unpaired) electrons. The molecule has 10 nitrogen and oxygen atoms in total. The molecule has 0 amide bonds. The van der Waals surface area contributed by atoms with Crippen LogP contribution in [0.15, 0.2) is 33.3 Å². The molecule has 0 saturated carbocycles. The molecule has 1 aliphatic heterocycles. The molecule has 0 aliphatic carbocycles. The molecule has 2 N–H and O–H groups in total. The summed E-state index contributed by atoms with van der Waals surface area (Å²) in [5, 5.41) is 8.04. The standard InChI is InChI=1S/C18H23N7O3/c1-26-14-4-2-13(3-5-14)18-21-17(28-23-18)12-25-8-6-24(7-9-25)11-15-20-16(10-19)27-22-15/h2-5H,6-12,19H2,1H3. The molecule has 28 heavy (non-hydrogen) atoms. The number of rotatable bonds is 7. The Bertz CT molecular complexity index is 885. The lowest BCUT2D eigenvalue weighted by atomic mass is 10.2. The van der Waals surface area contributed by atoms with Gasteiger partial charge in [0.25, 0.3) is 0 Å². The normalized spacial score (nSPS) is 15.8. The molecule has 4 rings (SSSR count). The fourth-order valence-corrected chi connectivity index (χ4v) is 3.11. The SMILES string of the molecule is COc1ccc(-c2noc(CN3CCN(Cc4noc(CN)n4)CC3)n2)cc1. The highest BCUT2D eigenvalue weighted by atomic mass is 16.5. The molecule has 2 aromatic heterocycles. The first-order valence-electron chi connectivity index (χ1n) is 9.17. The predicted octanol–water partition coefficient (Wildman–Crippen LogP) is 0.905. The van der Waals surface area contributed by atoms with E-state index in [1.807, 2.05) is 24.3 Å². The summed E-state index contributed by atoms with van der Waals surface area (Å²) in [7, 11) is 1.64. The third-order valence-electron chi connectivity index (χ3n) is 4.69. The van der Waals surface area contributed by atoms with Crippen molar-refractivity contribution in [3.05, 3.63) is 41.9 Å². The van der Waals surface area contributed by atoms with E-state index in [9.17, 15) is 0 Å². The summed E-state index contributed by atoms with van der Waals surface area (Å²) >= 11 is 0. The lowest BCUT2D eigenvalue weighted by Gasteiger charge is -2.33. The van der Waals surface area contributed by atoms with Gasteiger partial charge in [-0.3, -0.25) is 9.80 Å². The average Bonchev–Trinajstić information content (AvgIpc) is 3.39. The van der Waals surface area contributed by atoms with Crippen molar-refractivity contribution in [2.24, 2.45) is 5.73 Å². The highest BCUT2D eigenvalue weighted by molar-refractivity contribution is 5.55. The van der Waals surface area contributed by atoms with Gasteiger partial charge in [-0.1, -0.05) is 10.3 Å². The van der Waals surface area contributed by atoms with E-state index < -0.39 is 0 Å². The maximum atomic E-state index is 5.50. The number of methoxy groups -OCH3 is 1. The zero-order chi connectivity index (χ0) is 19.3. The average molecular weight is 385 g/mol. The minimum absolute atomic E-state index is 0.267. The van der Waals surface area contributed by atoms with Crippen molar-refractivity contribution < 1.29 is 13.8 Å². The third kappa shape index (κ3) is 4.35. The highest BCUT2D eigenvalue weighted by Crippen LogP contribution is 2.20. The lowest BCUT2D eigenvalue weighted by molar-refractivity contribution is 0.109. The molecule has 1 aromatic carbocycles. The predicted molar refractivity (Wildman–Crippen MR) is 99.0 cm³/mol. The Balaban J connectivity index is 1.28. The van der Waals surface area contributed by atoms with E-state index in [2.05, 4.69) is 30.1 Å². The van der Waals surface area contributed by atoms with E-state index in [1.165, 1.54) is 0 Å². The smallest absolute Gasteiger partial charge is 0.241 e. The van der Waals surface area contributed by atoms with E-state index >= 15 is 0 Å². The van der Waals surface area contributed by atoms with Crippen LogP contribution in [-0.4, -0.2) is 63.4 Å². The van der Waals surface area contributed by atoms with Gasteiger partial charge in [-0.05, 0) is 24.3 Å². The van der Waals surface area contributed by atoms with Crippen molar-refractivity contribution in [3.8, 4) is 17.1 Å². The third-order valence-corrected chi connectivity index (χ3v) is 4.69. The largest absolute Gasteiger partial charge is 0.497 e. The summed E-state index contributed by atoms with van der Waals surface area (Å²) in [5.74, 6) is 3.15. The molecule has 3 heterocycles. The van der Waals surface area contributed by atoms with Crippen molar-refractivity contribution in [3.63, 3.8) is 0 Å². The van der Waals surface area contributed by atoms with Crippen molar-refractivity contribution in [1.82, 2.24) is 30.1 Å². The molecule has 1 saturated heterocycles. The number of hydrogen-bond acceptors (Lipinski definition) is 10. The monoisotopic (exact) mass is 385 g/mol. The Morgan fingerprint density at radius 2 is 1.61 bits per heavy atom. The molecule has 1 aliphatic rings. The molecule has 3 aromatic rings. The Morgan fingerprint density at radius 1 is 0.929 bits per heavy atom. The fraction of sp³-hybridized carbons (Fsp3) is 0.444. The number of nitrogens with zero attached hydrogens (tertiary/aromatic N) is 6. The summed E-state index contributed by atoms with van der Waals surface area (Å²) in [6.07, 6.45) is 0. The Labute approximate surface area is 162 Å². The topological polar surface area (TPSA) is 120 Å². The van der Waals surface area contributed by atoms with Crippen LogP contribution < -0.4 is 10.5 Å². The number of nitrogens with two attached hydrogens (primary N) is 1. The van der Waals surface area contributed by atoms with Crippen LogP contribution in [0.3, 0.4) is 0 Å². The fourth-order valence-electron chi connectivity index (χ4n) is 3.11. The number of ether oxygens (including phenoxy) is 1. The molecule has 0 unspecified atom stereocenters. The first-order chi connectivity index (χ1) is 13.7. The first kappa shape index (κ1) is 18.5. The van der Waals surface area contributed by atoms with Gasteiger partial charge in [-0.15, -0.1) is 0 Å². The van der Waals surface area contributed by atoms with Gasteiger partial charge < -0.3 is 19.5 Å². The molecular formula is C18H23N7O3. The minimum atomic E-state index is 0.267. The first-order valence-corrected chi connectivity index (χ1v) is 9.17. The second-order valence-electron chi connectivity index (χ2n) is 6.60. The molecular weight excluding hydrogens is 362 g/mol. The van der Waals surface area contributed by atoms with Crippen molar-refractivity contribution in [2.75, 3.05) is 33.3 Å². The van der Waals surface area contributed by atoms with E-state index in [0.29, 0.717) is 36.5 Å². The van der Waals surface area contributed by atoms with Gasteiger partial charge in [0.05, 0.1) is 26.7 Å². The van der Waals surface area contributed by atoms with Gasteiger partial charge >= 0.3 is 0 Å². The van der Waals surface area contributed by atoms with Crippen LogP contribution in [0.2, 0.25) is 0 Å². The lowest BCUT2D eigenvalue weighted by Crippen LogP contribution is -2.45. The van der Waals surface area contributed by atoms with Crippen LogP contribution in [0.25, 0.3) is 11.4 Å². The van der Waals surface area contributed by atoms with Crippen LogP contribution in [0.4, 0.5) is 0 Å². The number of aromatic nitrogens is 4. The van der Waals surface area contributed by atoms with Crippen molar-refractivity contribution in [1.29, 1.82) is 0 Å². The maximum absolute atomic E-state index is 5.50. The molecule has 148 valence electrons. The zero-order valence-electron chi connectivity index (χ0n) is 15.7. The van der Waals surface area contributed by atoms with Crippen molar-refractivity contribution >= 4 is 0 Å². The van der Waals surface area contributed by atoms with E-state index in [0.717, 1.165) is 37.5 Å². The van der Waals surface area contributed by atoms with Gasteiger partial charge in [-0.25, -0.2) is 0 Å². The van der Waals surface area contributed by atoms with Crippen LogP contribution in [-0.2, 0) is 19.6 Å². The minimum Gasteiger partial charge on any atom is -0.497 e. The summed E-state index contributed by atoms with van der Waals surface area (Å²) in [5.41, 5.74) is 6.40. The quantitative estimate of drug-likeness (QED) is 0.628. The summed E-state index contributed by atoms with van der Waals surface area (Å²) in [6.45, 7) is 5.20. The van der Waals surface area contributed by atoms with Gasteiger partial charge in [0.15, 0.2) is 5.82 Å². The van der Waals surface area contributed by atoms with Crippen LogP contribution in [0.1, 0.15) is 17.6 Å². The molecule has 1 fully saturated rings. The van der Waals surface area contributed by atoms with E-state index in [4.69, 9.17) is 19.5 Å². The second kappa shape index (κ2) is 8.46. The maximum Gasteiger partial charge on any atom is 0.241 e. The number of piperazine rings is 1. The Hall–Kier alpha value is -2.82. The summed E-state index contributed by atoms with van der Waals surface area (Å²) in [6, 6.07) is 7.59. The summed E-state index contributed by atoms with van der Waals surface area (Å²) < 4.78 is 15.6. The van der Waals surface area contributed by atoms with Gasteiger partial charge in [0, 0.05) is 31.7 Å². The van der Waals surface area contributed by atoms with Crippen molar-refractivity contribution in [2.45, 2.75) is 19.6 Å². The zero-order valence-corrected chi connectivity index (χ0v) is 15.7. The van der Waals surface area contributed by atoms with Gasteiger partial charge in [0.1, 0.15) is 5.75 Å². The Kier molecular flexibility index (Phi) is 5.60. The van der Waals surface area contributed by atoms with E-state index in [1.54, 1.807) is 7.11 Å². The number of benzene rings is 1. The highest BCUT2D eigenvalue weighted by Gasteiger charge is 2.21. The van der Waals surface area contributed by atoms with E-state index in [-0.39, 0.29) is 6.54 Å².